The molecule has 8 heteroatoms. The summed E-state index contributed by atoms with van der Waals surface area (Å²) in [6.07, 6.45) is 0. The average Bonchev–Trinajstić information content (AvgIpc) is 2.91. The Bertz CT molecular complexity index is 578. The van der Waals surface area contributed by atoms with Gasteiger partial charge in [0.1, 0.15) is 18.0 Å². The molecule has 0 radical (unpaired) electrons. The summed E-state index contributed by atoms with van der Waals surface area (Å²) in [5.74, 6) is -0.806. The molecule has 0 saturated carbocycles. The first-order valence-electron chi connectivity index (χ1n) is 7.19. The van der Waals surface area contributed by atoms with E-state index >= 15 is 0 Å². The summed E-state index contributed by atoms with van der Waals surface area (Å²) in [6, 6.07) is 3.11. The molecular formula is C14H19FN4O2S. The maximum absolute atomic E-state index is 14.8. The van der Waals surface area contributed by atoms with Crippen molar-refractivity contribution >= 4 is 23.7 Å². The fourth-order valence-corrected chi connectivity index (χ4v) is 3.35. The van der Waals surface area contributed by atoms with E-state index in [1.807, 2.05) is 0 Å². The molecule has 6 nitrogen and oxygen atoms in total. The van der Waals surface area contributed by atoms with Crippen LogP contribution in [0, 0.1) is 5.82 Å². The lowest BCUT2D eigenvalue weighted by Gasteiger charge is -2.32. The van der Waals surface area contributed by atoms with Crippen LogP contribution in [-0.2, 0) is 11.3 Å². The van der Waals surface area contributed by atoms with E-state index in [2.05, 4.69) is 21.6 Å². The number of carbonyl (C=O) groups excluding carboxylic acids is 1. The normalized spacial score (nSPS) is 20.5. The number of nitrogens with one attached hydrogen (secondary N) is 1. The lowest BCUT2D eigenvalue weighted by molar-refractivity contribution is -0.117. The predicted molar refractivity (Wildman–Crippen MR) is 83.9 cm³/mol. The van der Waals surface area contributed by atoms with Gasteiger partial charge < -0.3 is 10.0 Å². The van der Waals surface area contributed by atoms with Crippen LogP contribution < -0.4 is 9.03 Å². The molecule has 2 heterocycles. The van der Waals surface area contributed by atoms with E-state index in [-0.39, 0.29) is 23.9 Å². The number of phenolic OH excluding ortho intramolecular Hbond substituents is 1. The minimum absolute atomic E-state index is 0.0348. The van der Waals surface area contributed by atoms with Crippen LogP contribution in [0.25, 0.3) is 0 Å². The number of rotatable bonds is 3. The topological polar surface area (TPSA) is 59.1 Å². The fourth-order valence-electron chi connectivity index (χ4n) is 2.63. The molecule has 3 rings (SSSR count). The van der Waals surface area contributed by atoms with Gasteiger partial charge in [0.05, 0.1) is 12.1 Å². The van der Waals surface area contributed by atoms with Gasteiger partial charge in [-0.25, -0.2) is 4.39 Å². The molecule has 2 fully saturated rings. The Morgan fingerprint density at radius 2 is 2.05 bits per heavy atom. The van der Waals surface area contributed by atoms with Gasteiger partial charge >= 0.3 is 0 Å². The number of anilines is 1. The Labute approximate surface area is 133 Å². The van der Waals surface area contributed by atoms with Crippen LogP contribution in [0.4, 0.5) is 10.1 Å². The van der Waals surface area contributed by atoms with E-state index in [0.29, 0.717) is 12.1 Å². The molecule has 1 aromatic carbocycles. The Morgan fingerprint density at radius 1 is 1.32 bits per heavy atom. The number of piperazine rings is 1. The third-order valence-electron chi connectivity index (χ3n) is 3.97. The molecule has 2 aliphatic rings. The molecule has 2 saturated heterocycles. The van der Waals surface area contributed by atoms with Crippen molar-refractivity contribution in [2.45, 2.75) is 6.54 Å². The van der Waals surface area contributed by atoms with Gasteiger partial charge in [-0.05, 0) is 13.1 Å². The van der Waals surface area contributed by atoms with E-state index < -0.39 is 5.82 Å². The Kier molecular flexibility index (Phi) is 4.42. The molecule has 120 valence electrons. The van der Waals surface area contributed by atoms with Crippen molar-refractivity contribution < 1.29 is 14.3 Å². The number of aromatic hydroxyl groups is 1. The summed E-state index contributed by atoms with van der Waals surface area (Å²) < 4.78 is 18.7. The van der Waals surface area contributed by atoms with Crippen molar-refractivity contribution in [1.29, 1.82) is 0 Å². The first-order valence-corrected chi connectivity index (χ1v) is 7.96. The van der Waals surface area contributed by atoms with E-state index in [9.17, 15) is 14.3 Å². The maximum Gasteiger partial charge on any atom is 0.251 e. The van der Waals surface area contributed by atoms with Gasteiger partial charge in [-0.15, -0.1) is 0 Å². The molecule has 0 bridgehead atoms. The molecule has 22 heavy (non-hydrogen) atoms. The highest BCUT2D eigenvalue weighted by Crippen LogP contribution is 2.37. The van der Waals surface area contributed by atoms with Crippen molar-refractivity contribution in [2.75, 3.05) is 44.1 Å². The first kappa shape index (κ1) is 15.4. The van der Waals surface area contributed by atoms with Crippen LogP contribution >= 0.6 is 12.1 Å². The molecule has 0 spiro atoms. The smallest absolute Gasteiger partial charge is 0.251 e. The van der Waals surface area contributed by atoms with Crippen LogP contribution in [0.5, 0.6) is 5.75 Å². The molecule has 0 unspecified atom stereocenters. The second-order valence-corrected chi connectivity index (χ2v) is 6.47. The van der Waals surface area contributed by atoms with Gasteiger partial charge in [0.15, 0.2) is 5.82 Å². The zero-order valence-electron chi connectivity index (χ0n) is 12.4. The van der Waals surface area contributed by atoms with E-state index in [0.717, 1.165) is 38.3 Å². The Hall–Kier alpha value is -1.51. The average molecular weight is 326 g/mol. The van der Waals surface area contributed by atoms with Crippen molar-refractivity contribution in [3.63, 3.8) is 0 Å². The maximum atomic E-state index is 14.8. The third-order valence-corrected chi connectivity index (χ3v) is 4.82. The Morgan fingerprint density at radius 3 is 2.68 bits per heavy atom. The van der Waals surface area contributed by atoms with Gasteiger partial charge in [0, 0.05) is 38.3 Å². The van der Waals surface area contributed by atoms with Gasteiger partial charge in [-0.3, -0.25) is 18.7 Å². The van der Waals surface area contributed by atoms with E-state index in [4.69, 9.17) is 0 Å². The van der Waals surface area contributed by atoms with Gasteiger partial charge in [-0.1, -0.05) is 6.07 Å². The molecule has 0 atom stereocenters. The van der Waals surface area contributed by atoms with E-state index in [1.54, 1.807) is 6.07 Å². The van der Waals surface area contributed by atoms with Crippen molar-refractivity contribution in [2.24, 2.45) is 0 Å². The van der Waals surface area contributed by atoms with Crippen LogP contribution in [-0.4, -0.2) is 60.6 Å². The lowest BCUT2D eigenvalue weighted by Crippen LogP contribution is -2.44. The fraction of sp³-hybridized carbons (Fsp3) is 0.500. The molecule has 1 aromatic rings. The second-order valence-electron chi connectivity index (χ2n) is 5.64. The molecule has 1 amide bonds. The van der Waals surface area contributed by atoms with Gasteiger partial charge in [-0.2, -0.15) is 0 Å². The summed E-state index contributed by atoms with van der Waals surface area (Å²) in [5.41, 5.74) is 0.618. The number of nitrogens with zero attached hydrogens (tertiary/aromatic N) is 3. The summed E-state index contributed by atoms with van der Waals surface area (Å²) in [5, 5.41) is 9.95. The summed E-state index contributed by atoms with van der Waals surface area (Å²) in [7, 11) is 2.07. The molecular weight excluding hydrogens is 307 g/mol. The minimum Gasteiger partial charge on any atom is -0.506 e. The number of phenols is 1. The van der Waals surface area contributed by atoms with Crippen molar-refractivity contribution in [3.8, 4) is 5.75 Å². The van der Waals surface area contributed by atoms with E-state index in [1.165, 1.54) is 10.4 Å². The molecule has 2 aliphatic heterocycles. The highest BCUT2D eigenvalue weighted by molar-refractivity contribution is 7.99. The lowest BCUT2D eigenvalue weighted by atomic mass is 10.1. The highest BCUT2D eigenvalue weighted by Gasteiger charge is 2.27. The molecule has 0 aliphatic carbocycles. The molecule has 2 N–H and O–H groups in total. The van der Waals surface area contributed by atoms with Crippen LogP contribution in [0.2, 0.25) is 0 Å². The van der Waals surface area contributed by atoms with Crippen LogP contribution in [0.15, 0.2) is 12.1 Å². The SMILES string of the molecule is CN1CCN(Cc2ccc(O)c(N3CC(=O)NS3)c2F)CC1. The zero-order chi connectivity index (χ0) is 15.7. The second kappa shape index (κ2) is 6.31. The van der Waals surface area contributed by atoms with Gasteiger partial charge in [0.25, 0.3) is 5.91 Å². The summed E-state index contributed by atoms with van der Waals surface area (Å²) in [6.45, 7) is 4.26. The number of amides is 1. The highest BCUT2D eigenvalue weighted by atomic mass is 32.2. The Balaban J connectivity index is 1.79. The number of benzene rings is 1. The van der Waals surface area contributed by atoms with Gasteiger partial charge in [0.2, 0.25) is 0 Å². The zero-order valence-corrected chi connectivity index (χ0v) is 13.2. The molecule has 0 aromatic heterocycles. The third kappa shape index (κ3) is 3.13. The minimum atomic E-state index is -0.456. The van der Waals surface area contributed by atoms with Crippen molar-refractivity contribution in [1.82, 2.24) is 14.5 Å². The summed E-state index contributed by atoms with van der Waals surface area (Å²) in [4.78, 5) is 15.7. The van der Waals surface area contributed by atoms with Crippen molar-refractivity contribution in [3.05, 3.63) is 23.5 Å². The predicted octanol–water partition coefficient (Wildman–Crippen LogP) is 0.778. The standard InChI is InChI=1S/C14H19FN4O2S/c1-17-4-6-18(7-5-17)8-10-2-3-11(20)14(13(10)15)19-9-12(21)16-22-19/h2-3,20H,4-9H2,1H3,(H,16,21). The number of hydrogen-bond donors (Lipinski definition) is 2. The number of carbonyl (C=O) groups is 1. The number of halogens is 1. The number of hydrogen-bond acceptors (Lipinski definition) is 6. The monoisotopic (exact) mass is 326 g/mol. The van der Waals surface area contributed by atoms with Crippen LogP contribution in [0.3, 0.4) is 0 Å². The number of likely N-dealkylation sites (N-methyl/N-ethyl adjacent to an activating group) is 1. The first-order chi connectivity index (χ1) is 10.5. The van der Waals surface area contributed by atoms with Crippen LogP contribution in [0.1, 0.15) is 5.56 Å². The summed E-state index contributed by atoms with van der Waals surface area (Å²) >= 11 is 1.00. The quantitative estimate of drug-likeness (QED) is 0.801. The largest absolute Gasteiger partial charge is 0.506 e.